The number of carbonyl (C=O) groups is 1. The van der Waals surface area contributed by atoms with Crippen molar-refractivity contribution >= 4 is 5.91 Å². The van der Waals surface area contributed by atoms with Gasteiger partial charge in [-0.05, 0) is 12.8 Å². The van der Waals surface area contributed by atoms with Crippen LogP contribution in [0.5, 0.6) is 0 Å². The predicted molar refractivity (Wildman–Crippen MR) is 61.2 cm³/mol. The van der Waals surface area contributed by atoms with Gasteiger partial charge in [0.05, 0.1) is 19.3 Å². The van der Waals surface area contributed by atoms with Gasteiger partial charge in [-0.1, -0.05) is 0 Å². The molecule has 0 unspecified atom stereocenters. The van der Waals surface area contributed by atoms with Gasteiger partial charge in [-0.2, -0.15) is 0 Å². The summed E-state index contributed by atoms with van der Waals surface area (Å²) >= 11 is 0. The quantitative estimate of drug-likeness (QED) is 0.823. The molecule has 1 aromatic heterocycles. The fraction of sp³-hybridized carbons (Fsp3) is 0.667. The largest absolute Gasteiger partial charge is 0.447 e. The average Bonchev–Trinajstić information content (AvgIpc) is 3.13. The van der Waals surface area contributed by atoms with Crippen molar-refractivity contribution in [2.24, 2.45) is 0 Å². The van der Waals surface area contributed by atoms with Gasteiger partial charge in [0.1, 0.15) is 5.76 Å². The second kappa shape index (κ2) is 4.70. The number of aromatic nitrogens is 1. The number of hydrogen-bond donors (Lipinski definition) is 1. The van der Waals surface area contributed by atoms with Crippen molar-refractivity contribution in [2.45, 2.75) is 24.9 Å². The highest BCUT2D eigenvalue weighted by molar-refractivity contribution is 5.93. The number of oxazole rings is 1. The fourth-order valence-corrected chi connectivity index (χ4v) is 2.18. The fourth-order valence-electron chi connectivity index (χ4n) is 2.18. The molecule has 2 fully saturated rings. The Balaban J connectivity index is 1.78. The summed E-state index contributed by atoms with van der Waals surface area (Å²) in [4.78, 5) is 18.0. The molecule has 3 rings (SSSR count). The van der Waals surface area contributed by atoms with Crippen LogP contribution in [0.25, 0.3) is 0 Å². The topological polar surface area (TPSA) is 75.8 Å². The Kier molecular flexibility index (Phi) is 3.05. The zero-order valence-electron chi connectivity index (χ0n) is 10.0. The molecule has 0 radical (unpaired) electrons. The number of β-amino-alcohol motifs (C(OH)–C–C–N with tert-alkyl or cyclic N) is 1. The summed E-state index contributed by atoms with van der Waals surface area (Å²) < 4.78 is 10.5. The maximum atomic E-state index is 12.3. The molecule has 6 nitrogen and oxygen atoms in total. The van der Waals surface area contributed by atoms with Gasteiger partial charge < -0.3 is 19.2 Å². The highest BCUT2D eigenvalue weighted by Crippen LogP contribution is 2.41. The van der Waals surface area contributed by atoms with Gasteiger partial charge >= 0.3 is 0 Å². The lowest BCUT2D eigenvalue weighted by Gasteiger charge is -2.20. The van der Waals surface area contributed by atoms with Crippen LogP contribution in [0.15, 0.2) is 10.8 Å². The first-order valence-corrected chi connectivity index (χ1v) is 6.24. The smallest absolute Gasteiger partial charge is 0.276 e. The summed E-state index contributed by atoms with van der Waals surface area (Å²) in [6, 6.07) is 0. The van der Waals surface area contributed by atoms with Gasteiger partial charge in [-0.3, -0.25) is 4.79 Å². The lowest BCUT2D eigenvalue weighted by atomic mass is 10.2. The molecule has 1 aliphatic carbocycles. The number of nitrogens with zero attached hydrogens (tertiary/aromatic N) is 2. The summed E-state index contributed by atoms with van der Waals surface area (Å²) in [5, 5.41) is 9.63. The van der Waals surface area contributed by atoms with Gasteiger partial charge in [0.25, 0.3) is 5.91 Å². The van der Waals surface area contributed by atoms with Crippen LogP contribution in [0, 0.1) is 0 Å². The van der Waals surface area contributed by atoms with Gasteiger partial charge in [-0.15, -0.1) is 0 Å². The molecule has 1 aliphatic heterocycles. The third kappa shape index (κ3) is 2.26. The second-order valence-electron chi connectivity index (χ2n) is 4.82. The van der Waals surface area contributed by atoms with Crippen LogP contribution in [-0.2, 0) is 4.74 Å². The van der Waals surface area contributed by atoms with Crippen LogP contribution in [-0.4, -0.2) is 53.3 Å². The van der Waals surface area contributed by atoms with Crippen molar-refractivity contribution in [3.8, 4) is 0 Å². The Hall–Kier alpha value is -1.40. The molecule has 18 heavy (non-hydrogen) atoms. The zero-order chi connectivity index (χ0) is 12.5. The van der Waals surface area contributed by atoms with Crippen LogP contribution >= 0.6 is 0 Å². The van der Waals surface area contributed by atoms with Gasteiger partial charge in [0.15, 0.2) is 12.1 Å². The number of rotatable bonds is 2. The predicted octanol–water partition coefficient (Wildman–Crippen LogP) is 0.385. The Bertz CT molecular complexity index is 441. The number of hydrogen-bond acceptors (Lipinski definition) is 5. The van der Waals surface area contributed by atoms with E-state index < -0.39 is 6.10 Å². The third-order valence-corrected chi connectivity index (χ3v) is 3.28. The van der Waals surface area contributed by atoms with E-state index in [4.69, 9.17) is 9.15 Å². The van der Waals surface area contributed by atoms with E-state index in [1.54, 1.807) is 4.90 Å². The normalized spacial score (nSPS) is 24.9. The van der Waals surface area contributed by atoms with E-state index in [9.17, 15) is 9.90 Å². The SMILES string of the molecule is O=C(c1ncoc1C1CC1)N1CCOC[C@H](O)C1. The van der Waals surface area contributed by atoms with E-state index in [-0.39, 0.29) is 19.1 Å². The number of carbonyl (C=O) groups excluding carboxylic acids is 1. The van der Waals surface area contributed by atoms with Gasteiger partial charge in [0.2, 0.25) is 0 Å². The number of ether oxygens (including phenoxy) is 1. The molecule has 6 heteroatoms. The highest BCUT2D eigenvalue weighted by Gasteiger charge is 2.34. The summed E-state index contributed by atoms with van der Waals surface area (Å²) in [6.45, 7) is 1.49. The van der Waals surface area contributed by atoms with Gasteiger partial charge in [-0.25, -0.2) is 4.98 Å². The van der Waals surface area contributed by atoms with Crippen LogP contribution in [0.2, 0.25) is 0 Å². The Morgan fingerprint density at radius 3 is 3.11 bits per heavy atom. The molecule has 1 amide bonds. The van der Waals surface area contributed by atoms with Crippen LogP contribution in [0.1, 0.15) is 35.0 Å². The van der Waals surface area contributed by atoms with Crippen LogP contribution in [0.3, 0.4) is 0 Å². The van der Waals surface area contributed by atoms with E-state index >= 15 is 0 Å². The second-order valence-corrected chi connectivity index (χ2v) is 4.82. The maximum Gasteiger partial charge on any atom is 0.276 e. The lowest BCUT2D eigenvalue weighted by Crippen LogP contribution is -2.38. The third-order valence-electron chi connectivity index (χ3n) is 3.28. The van der Waals surface area contributed by atoms with Crippen LogP contribution < -0.4 is 0 Å². The van der Waals surface area contributed by atoms with Gasteiger partial charge in [0, 0.05) is 19.0 Å². The van der Waals surface area contributed by atoms with E-state index in [1.807, 2.05) is 0 Å². The molecule has 1 atom stereocenters. The van der Waals surface area contributed by atoms with Crippen molar-refractivity contribution in [1.82, 2.24) is 9.88 Å². The molecular weight excluding hydrogens is 236 g/mol. The minimum atomic E-state index is -0.632. The standard InChI is InChI=1S/C12H16N2O4/c15-9-5-14(3-4-17-6-9)12(16)10-11(8-1-2-8)18-7-13-10/h7-9,15H,1-6H2/t9-/m1/s1. The summed E-state index contributed by atoms with van der Waals surface area (Å²) in [7, 11) is 0. The maximum absolute atomic E-state index is 12.3. The molecule has 98 valence electrons. The van der Waals surface area contributed by atoms with Crippen molar-refractivity contribution in [1.29, 1.82) is 0 Å². The molecular formula is C12H16N2O4. The molecule has 0 aromatic carbocycles. The molecule has 1 N–H and O–H groups in total. The number of aliphatic hydroxyl groups excluding tert-OH is 1. The molecule has 2 aliphatic rings. The van der Waals surface area contributed by atoms with Crippen molar-refractivity contribution in [3.05, 3.63) is 17.8 Å². The monoisotopic (exact) mass is 252 g/mol. The molecule has 0 bridgehead atoms. The minimum Gasteiger partial charge on any atom is -0.447 e. The average molecular weight is 252 g/mol. The zero-order valence-corrected chi connectivity index (χ0v) is 10.0. The van der Waals surface area contributed by atoms with Crippen LogP contribution in [0.4, 0.5) is 0 Å². The van der Waals surface area contributed by atoms with Crippen molar-refractivity contribution in [3.63, 3.8) is 0 Å². The molecule has 0 spiro atoms. The molecule has 1 saturated heterocycles. The lowest BCUT2D eigenvalue weighted by molar-refractivity contribution is 0.0532. The first kappa shape index (κ1) is 11.7. The first-order chi connectivity index (χ1) is 8.75. The molecule has 1 saturated carbocycles. The van der Waals surface area contributed by atoms with E-state index in [0.29, 0.717) is 30.5 Å². The summed E-state index contributed by atoms with van der Waals surface area (Å²) in [5.41, 5.74) is 0.395. The number of amides is 1. The minimum absolute atomic E-state index is 0.171. The summed E-state index contributed by atoms with van der Waals surface area (Å²) in [6.07, 6.45) is 2.81. The molecule has 2 heterocycles. The first-order valence-electron chi connectivity index (χ1n) is 6.24. The Labute approximate surface area is 105 Å². The van der Waals surface area contributed by atoms with Crippen molar-refractivity contribution in [2.75, 3.05) is 26.3 Å². The highest BCUT2D eigenvalue weighted by atomic mass is 16.5. The van der Waals surface area contributed by atoms with E-state index in [2.05, 4.69) is 4.98 Å². The Morgan fingerprint density at radius 2 is 2.33 bits per heavy atom. The van der Waals surface area contributed by atoms with E-state index in [1.165, 1.54) is 6.39 Å². The Morgan fingerprint density at radius 1 is 1.50 bits per heavy atom. The van der Waals surface area contributed by atoms with E-state index in [0.717, 1.165) is 12.8 Å². The van der Waals surface area contributed by atoms with Crippen molar-refractivity contribution < 1.29 is 19.1 Å². The summed E-state index contributed by atoms with van der Waals surface area (Å²) in [5.74, 6) is 0.870. The number of aliphatic hydroxyl groups is 1. The molecule has 1 aromatic rings.